The van der Waals surface area contributed by atoms with Crippen LogP contribution < -0.4 is 15.5 Å². The van der Waals surface area contributed by atoms with E-state index in [4.69, 9.17) is 0 Å². The maximum absolute atomic E-state index is 13.6. The molecule has 160 valence electrons. The molecule has 0 aliphatic carbocycles. The number of amides is 2. The van der Waals surface area contributed by atoms with Gasteiger partial charge in [0.1, 0.15) is 0 Å². The fourth-order valence-corrected chi connectivity index (χ4v) is 4.21. The Morgan fingerprint density at radius 2 is 1.72 bits per heavy atom. The summed E-state index contributed by atoms with van der Waals surface area (Å²) in [5.41, 5.74) is 1.67. The van der Waals surface area contributed by atoms with E-state index < -0.39 is 16.7 Å². The average molecular weight is 431 g/mol. The minimum Gasteiger partial charge on any atom is -0.376 e. The number of nitro groups is 1. The first-order chi connectivity index (χ1) is 15.2. The van der Waals surface area contributed by atoms with E-state index in [2.05, 4.69) is 4.98 Å². The van der Waals surface area contributed by atoms with Gasteiger partial charge in [-0.05, 0) is 23.6 Å². The van der Waals surface area contributed by atoms with Crippen molar-refractivity contribution >= 4 is 50.7 Å². The summed E-state index contributed by atoms with van der Waals surface area (Å²) >= 11 is 0. The highest BCUT2D eigenvalue weighted by Gasteiger charge is 2.37. The van der Waals surface area contributed by atoms with Gasteiger partial charge in [-0.25, -0.2) is 9.69 Å². The van der Waals surface area contributed by atoms with Gasteiger partial charge in [0, 0.05) is 44.2 Å². The van der Waals surface area contributed by atoms with Gasteiger partial charge in [0.25, 0.3) is 17.5 Å². The summed E-state index contributed by atoms with van der Waals surface area (Å²) in [5.74, 6) is -1.20. The van der Waals surface area contributed by atoms with E-state index in [1.54, 1.807) is 56.4 Å². The van der Waals surface area contributed by atoms with Gasteiger partial charge in [-0.3, -0.25) is 24.3 Å². The molecule has 0 unspecified atom stereocenters. The maximum Gasteiger partial charge on any atom is 0.326 e. The van der Waals surface area contributed by atoms with E-state index in [1.807, 2.05) is 0 Å². The van der Waals surface area contributed by atoms with Crippen LogP contribution in [-0.4, -0.2) is 40.4 Å². The van der Waals surface area contributed by atoms with E-state index in [0.29, 0.717) is 27.5 Å². The number of aromatic nitrogens is 2. The number of nitrogens with zero attached hydrogens (tertiary/aromatic N) is 4. The summed E-state index contributed by atoms with van der Waals surface area (Å²) in [6, 6.07) is 10.7. The third-order valence-corrected chi connectivity index (χ3v) is 5.76. The monoisotopic (exact) mass is 431 g/mol. The van der Waals surface area contributed by atoms with Crippen molar-refractivity contribution in [1.82, 2.24) is 9.55 Å². The summed E-state index contributed by atoms with van der Waals surface area (Å²) in [6.07, 6.45) is 0. The molecule has 10 nitrogen and oxygen atoms in total. The van der Waals surface area contributed by atoms with E-state index in [9.17, 15) is 24.5 Å². The summed E-state index contributed by atoms with van der Waals surface area (Å²) < 4.78 is 1.39. The lowest BCUT2D eigenvalue weighted by atomic mass is 9.93. The Labute approximate surface area is 180 Å². The van der Waals surface area contributed by atoms with Crippen LogP contribution in [0, 0.1) is 10.1 Å². The summed E-state index contributed by atoms with van der Waals surface area (Å²) in [4.78, 5) is 55.6. The Morgan fingerprint density at radius 1 is 1.00 bits per heavy atom. The van der Waals surface area contributed by atoms with Crippen LogP contribution in [-0.2, 0) is 7.05 Å². The number of anilines is 2. The van der Waals surface area contributed by atoms with Gasteiger partial charge in [-0.15, -0.1) is 0 Å². The number of aryl methyl sites for hydroxylation is 1. The molecule has 2 amide bonds. The molecule has 10 heteroatoms. The number of rotatable bonds is 3. The molecule has 0 radical (unpaired) electrons. The number of imide groups is 1. The minimum absolute atomic E-state index is 0.0807. The van der Waals surface area contributed by atoms with Gasteiger partial charge in [0.2, 0.25) is 0 Å². The molecule has 1 N–H and O–H groups in total. The molecule has 0 saturated heterocycles. The summed E-state index contributed by atoms with van der Waals surface area (Å²) in [6.45, 7) is 0. The molecular weight excluding hydrogens is 414 g/mol. The molecule has 0 saturated carbocycles. The van der Waals surface area contributed by atoms with Crippen LogP contribution in [0.15, 0.2) is 47.3 Å². The molecule has 1 aliphatic heterocycles. The van der Waals surface area contributed by atoms with Crippen LogP contribution in [0.25, 0.3) is 21.8 Å². The van der Waals surface area contributed by atoms with E-state index in [0.717, 1.165) is 4.90 Å². The third kappa shape index (κ3) is 2.56. The predicted molar refractivity (Wildman–Crippen MR) is 120 cm³/mol. The molecule has 32 heavy (non-hydrogen) atoms. The quantitative estimate of drug-likeness (QED) is 0.302. The molecule has 4 aromatic rings. The number of H-pyrrole nitrogens is 1. The molecule has 0 atom stereocenters. The molecule has 0 bridgehead atoms. The molecule has 3 aromatic carbocycles. The first-order valence-electron chi connectivity index (χ1n) is 9.69. The molecule has 0 fully saturated rings. The van der Waals surface area contributed by atoms with Crippen molar-refractivity contribution in [3.8, 4) is 0 Å². The SMILES string of the molecule is CN(C)c1cc2[nH]c(=O)n(C)c2cc1N1C(=O)c2cccc3cc([N+](=O)[O-])cc(c23)C1=O. The topological polar surface area (TPSA) is 122 Å². The molecule has 1 aromatic heterocycles. The molecule has 5 rings (SSSR count). The standard InChI is InChI=1S/C22H17N5O5/c1-24(2)17-9-15-16(25(3)22(30)23-15)10-18(17)26-20(28)13-6-4-5-11-7-12(27(31)32)8-14(19(11)13)21(26)29/h4-10H,1-3H3,(H,23,30). The fourth-order valence-electron chi connectivity index (χ4n) is 4.21. The van der Waals surface area contributed by atoms with Gasteiger partial charge in [-0.1, -0.05) is 12.1 Å². The summed E-state index contributed by atoms with van der Waals surface area (Å²) in [5, 5.41) is 12.3. The lowest BCUT2D eigenvalue weighted by Crippen LogP contribution is -2.41. The van der Waals surface area contributed by atoms with Crippen molar-refractivity contribution in [2.75, 3.05) is 23.9 Å². The number of nitro benzene ring substituents is 1. The largest absolute Gasteiger partial charge is 0.376 e. The number of benzene rings is 3. The van der Waals surface area contributed by atoms with Crippen LogP contribution >= 0.6 is 0 Å². The van der Waals surface area contributed by atoms with Crippen molar-refractivity contribution in [2.45, 2.75) is 0 Å². The predicted octanol–water partition coefficient (Wildman–Crippen LogP) is 2.79. The number of non-ortho nitro benzene ring substituents is 1. The average Bonchev–Trinajstić information content (AvgIpc) is 3.04. The number of aromatic amines is 1. The van der Waals surface area contributed by atoms with Gasteiger partial charge in [0.05, 0.1) is 32.9 Å². The number of hydrogen-bond donors (Lipinski definition) is 1. The number of hydrogen-bond acceptors (Lipinski definition) is 6. The molecule has 0 spiro atoms. The van der Waals surface area contributed by atoms with Gasteiger partial charge < -0.3 is 9.88 Å². The smallest absolute Gasteiger partial charge is 0.326 e. The lowest BCUT2D eigenvalue weighted by molar-refractivity contribution is -0.384. The van der Waals surface area contributed by atoms with Crippen molar-refractivity contribution in [1.29, 1.82) is 0 Å². The van der Waals surface area contributed by atoms with Gasteiger partial charge in [0.15, 0.2) is 0 Å². The van der Waals surface area contributed by atoms with Crippen LogP contribution in [0.2, 0.25) is 0 Å². The van der Waals surface area contributed by atoms with E-state index >= 15 is 0 Å². The van der Waals surface area contributed by atoms with E-state index in [1.165, 1.54) is 16.7 Å². The fraction of sp³-hybridized carbons (Fsp3) is 0.136. The van der Waals surface area contributed by atoms with Gasteiger partial charge in [-0.2, -0.15) is 0 Å². The zero-order valence-corrected chi connectivity index (χ0v) is 17.4. The minimum atomic E-state index is -0.662. The Morgan fingerprint density at radius 3 is 2.41 bits per heavy atom. The Bertz CT molecular complexity index is 1560. The zero-order chi connectivity index (χ0) is 22.9. The number of carbonyl (C=O) groups excluding carboxylic acids is 2. The number of imidazole rings is 1. The van der Waals surface area contributed by atoms with Crippen molar-refractivity contribution in [3.05, 3.63) is 74.2 Å². The molecule has 2 heterocycles. The Hall–Kier alpha value is -4.47. The zero-order valence-electron chi connectivity index (χ0n) is 17.4. The van der Waals surface area contributed by atoms with Crippen molar-refractivity contribution < 1.29 is 14.5 Å². The van der Waals surface area contributed by atoms with Crippen molar-refractivity contribution in [2.24, 2.45) is 7.05 Å². The second-order valence-electron chi connectivity index (χ2n) is 7.84. The highest BCUT2D eigenvalue weighted by molar-refractivity contribution is 6.36. The van der Waals surface area contributed by atoms with Crippen molar-refractivity contribution in [3.63, 3.8) is 0 Å². The summed E-state index contributed by atoms with van der Waals surface area (Å²) in [7, 11) is 5.09. The maximum atomic E-state index is 13.6. The highest BCUT2D eigenvalue weighted by Crippen LogP contribution is 2.39. The second-order valence-corrected chi connectivity index (χ2v) is 7.84. The number of fused-ring (bicyclic) bond motifs is 1. The van der Waals surface area contributed by atoms with Gasteiger partial charge >= 0.3 is 5.69 Å². The van der Waals surface area contributed by atoms with E-state index in [-0.39, 0.29) is 28.2 Å². The third-order valence-electron chi connectivity index (χ3n) is 5.76. The van der Waals surface area contributed by atoms with Crippen LogP contribution in [0.1, 0.15) is 20.7 Å². The second kappa shape index (κ2) is 6.51. The molecular formula is C22H17N5O5. The van der Waals surface area contributed by atoms with Crippen LogP contribution in [0.5, 0.6) is 0 Å². The highest BCUT2D eigenvalue weighted by atomic mass is 16.6. The molecule has 1 aliphatic rings. The van der Waals surface area contributed by atoms with Crippen LogP contribution in [0.3, 0.4) is 0 Å². The normalized spacial score (nSPS) is 13.3. The number of nitrogens with one attached hydrogen (secondary N) is 1. The Kier molecular flexibility index (Phi) is 3.97. The first-order valence-corrected chi connectivity index (χ1v) is 9.69. The first kappa shape index (κ1) is 19.5. The number of carbonyl (C=O) groups is 2. The van der Waals surface area contributed by atoms with Crippen LogP contribution in [0.4, 0.5) is 17.1 Å². The Balaban J connectivity index is 1.83. The lowest BCUT2D eigenvalue weighted by Gasteiger charge is -2.30.